The van der Waals surface area contributed by atoms with E-state index < -0.39 is 0 Å². The van der Waals surface area contributed by atoms with Crippen LogP contribution in [0.5, 0.6) is 0 Å². The van der Waals surface area contributed by atoms with Gasteiger partial charge in [-0.3, -0.25) is 0 Å². The van der Waals surface area contributed by atoms with Gasteiger partial charge < -0.3 is 5.73 Å². The molecule has 2 N–H and O–H groups in total. The van der Waals surface area contributed by atoms with Crippen molar-refractivity contribution in [3.05, 3.63) is 0 Å². The normalized spacial score (nSPS) is 23.5. The Bertz CT molecular complexity index is 112. The minimum absolute atomic E-state index is 0.215. The SMILES string of the molecule is CCCCC1(N)CCCCCC1. The van der Waals surface area contributed by atoms with Gasteiger partial charge >= 0.3 is 0 Å². The van der Waals surface area contributed by atoms with E-state index in [1.807, 2.05) is 0 Å². The first-order valence-electron chi connectivity index (χ1n) is 5.56. The third-order valence-electron chi connectivity index (χ3n) is 3.13. The molecule has 1 fully saturated rings. The molecule has 1 aliphatic carbocycles. The quantitative estimate of drug-likeness (QED) is 0.645. The van der Waals surface area contributed by atoms with E-state index in [9.17, 15) is 0 Å². The van der Waals surface area contributed by atoms with Crippen LogP contribution in [-0.4, -0.2) is 5.54 Å². The van der Waals surface area contributed by atoms with Crippen LogP contribution < -0.4 is 5.73 Å². The summed E-state index contributed by atoms with van der Waals surface area (Å²) in [6, 6.07) is 0. The molecule has 0 radical (unpaired) electrons. The lowest BCUT2D eigenvalue weighted by atomic mass is 9.86. The summed E-state index contributed by atoms with van der Waals surface area (Å²) in [4.78, 5) is 0. The van der Waals surface area contributed by atoms with Gasteiger partial charge in [-0.25, -0.2) is 0 Å². The van der Waals surface area contributed by atoms with Gasteiger partial charge in [0.15, 0.2) is 0 Å². The summed E-state index contributed by atoms with van der Waals surface area (Å²) >= 11 is 0. The molecule has 0 aliphatic heterocycles. The fraction of sp³-hybridized carbons (Fsp3) is 1.00. The van der Waals surface area contributed by atoms with E-state index >= 15 is 0 Å². The predicted molar refractivity (Wildman–Crippen MR) is 54.1 cm³/mol. The van der Waals surface area contributed by atoms with Gasteiger partial charge in [0.2, 0.25) is 0 Å². The van der Waals surface area contributed by atoms with Crippen LogP contribution in [0, 0.1) is 0 Å². The summed E-state index contributed by atoms with van der Waals surface area (Å²) in [5, 5.41) is 0. The van der Waals surface area contributed by atoms with E-state index in [2.05, 4.69) is 6.92 Å². The summed E-state index contributed by atoms with van der Waals surface area (Å²) in [7, 11) is 0. The zero-order valence-electron chi connectivity index (χ0n) is 8.44. The van der Waals surface area contributed by atoms with Crippen molar-refractivity contribution in [2.45, 2.75) is 70.3 Å². The van der Waals surface area contributed by atoms with Crippen molar-refractivity contribution in [1.82, 2.24) is 0 Å². The van der Waals surface area contributed by atoms with Crippen LogP contribution in [0.15, 0.2) is 0 Å². The van der Waals surface area contributed by atoms with E-state index in [0.29, 0.717) is 0 Å². The van der Waals surface area contributed by atoms with Gasteiger partial charge in [-0.1, -0.05) is 45.4 Å². The topological polar surface area (TPSA) is 26.0 Å². The predicted octanol–water partition coefficient (Wildman–Crippen LogP) is 3.23. The van der Waals surface area contributed by atoms with E-state index in [1.165, 1.54) is 57.8 Å². The Balaban J connectivity index is 2.32. The monoisotopic (exact) mass is 169 g/mol. The maximum Gasteiger partial charge on any atom is 0.0154 e. The molecule has 0 unspecified atom stereocenters. The van der Waals surface area contributed by atoms with Crippen LogP contribution in [0.4, 0.5) is 0 Å². The molecular formula is C11H23N. The number of rotatable bonds is 3. The van der Waals surface area contributed by atoms with E-state index in [1.54, 1.807) is 0 Å². The smallest absolute Gasteiger partial charge is 0.0154 e. The molecule has 0 heterocycles. The maximum absolute atomic E-state index is 6.35. The molecule has 0 bridgehead atoms. The molecule has 0 aromatic rings. The van der Waals surface area contributed by atoms with Crippen LogP contribution in [0.3, 0.4) is 0 Å². The first-order valence-corrected chi connectivity index (χ1v) is 5.56. The molecular weight excluding hydrogens is 146 g/mol. The molecule has 0 aromatic carbocycles. The molecule has 1 rings (SSSR count). The Kier molecular flexibility index (Phi) is 4.07. The maximum atomic E-state index is 6.35. The molecule has 0 atom stereocenters. The molecule has 1 aliphatic rings. The summed E-state index contributed by atoms with van der Waals surface area (Å²) in [5.41, 5.74) is 6.56. The van der Waals surface area contributed by atoms with Gasteiger partial charge in [-0.15, -0.1) is 0 Å². The van der Waals surface area contributed by atoms with Crippen LogP contribution in [-0.2, 0) is 0 Å². The van der Waals surface area contributed by atoms with E-state index in [-0.39, 0.29) is 5.54 Å². The van der Waals surface area contributed by atoms with Crippen LogP contribution in [0.25, 0.3) is 0 Å². The minimum Gasteiger partial charge on any atom is -0.325 e. The average Bonchev–Trinajstić information content (AvgIpc) is 2.27. The molecule has 1 saturated carbocycles. The zero-order chi connectivity index (χ0) is 8.86. The van der Waals surface area contributed by atoms with Crippen molar-refractivity contribution in [2.24, 2.45) is 5.73 Å². The second-order valence-electron chi connectivity index (χ2n) is 4.38. The van der Waals surface area contributed by atoms with Gasteiger partial charge in [0.05, 0.1) is 0 Å². The van der Waals surface area contributed by atoms with E-state index in [4.69, 9.17) is 5.73 Å². The summed E-state index contributed by atoms with van der Waals surface area (Å²) in [6.45, 7) is 2.25. The number of hydrogen-bond acceptors (Lipinski definition) is 1. The van der Waals surface area contributed by atoms with Crippen molar-refractivity contribution in [3.8, 4) is 0 Å². The molecule has 0 aromatic heterocycles. The number of hydrogen-bond donors (Lipinski definition) is 1. The van der Waals surface area contributed by atoms with Crippen LogP contribution >= 0.6 is 0 Å². The van der Waals surface area contributed by atoms with Crippen molar-refractivity contribution in [3.63, 3.8) is 0 Å². The van der Waals surface area contributed by atoms with Crippen LogP contribution in [0.2, 0.25) is 0 Å². The molecule has 72 valence electrons. The average molecular weight is 169 g/mol. The second kappa shape index (κ2) is 4.86. The highest BCUT2D eigenvalue weighted by molar-refractivity contribution is 4.85. The highest BCUT2D eigenvalue weighted by Gasteiger charge is 2.24. The number of nitrogens with two attached hydrogens (primary N) is 1. The van der Waals surface area contributed by atoms with Gasteiger partial charge in [0.1, 0.15) is 0 Å². The van der Waals surface area contributed by atoms with Gasteiger partial charge in [0.25, 0.3) is 0 Å². The molecule has 1 heteroatoms. The van der Waals surface area contributed by atoms with Crippen molar-refractivity contribution < 1.29 is 0 Å². The lowest BCUT2D eigenvalue weighted by Crippen LogP contribution is -2.38. The molecule has 0 saturated heterocycles. The minimum atomic E-state index is 0.215. The van der Waals surface area contributed by atoms with Gasteiger partial charge in [-0.2, -0.15) is 0 Å². The van der Waals surface area contributed by atoms with E-state index in [0.717, 1.165) is 0 Å². The Labute approximate surface area is 76.7 Å². The van der Waals surface area contributed by atoms with Gasteiger partial charge in [-0.05, 0) is 19.3 Å². The third kappa shape index (κ3) is 3.14. The first kappa shape index (κ1) is 10.0. The zero-order valence-corrected chi connectivity index (χ0v) is 8.44. The van der Waals surface area contributed by atoms with Crippen molar-refractivity contribution in [2.75, 3.05) is 0 Å². The standard InChI is InChI=1S/C11H23N/c1-2-3-8-11(12)9-6-4-5-7-10-11/h2-10,12H2,1H3. The van der Waals surface area contributed by atoms with Crippen molar-refractivity contribution in [1.29, 1.82) is 0 Å². The molecule has 12 heavy (non-hydrogen) atoms. The lowest BCUT2D eigenvalue weighted by Gasteiger charge is -2.27. The summed E-state index contributed by atoms with van der Waals surface area (Å²) < 4.78 is 0. The van der Waals surface area contributed by atoms with Crippen LogP contribution in [0.1, 0.15) is 64.7 Å². The van der Waals surface area contributed by atoms with Gasteiger partial charge in [0, 0.05) is 5.54 Å². The highest BCUT2D eigenvalue weighted by atomic mass is 14.7. The summed E-state index contributed by atoms with van der Waals surface area (Å²) in [6.07, 6.45) is 11.9. The fourth-order valence-electron chi connectivity index (χ4n) is 2.21. The second-order valence-corrected chi connectivity index (χ2v) is 4.38. The Morgan fingerprint density at radius 1 is 1.08 bits per heavy atom. The fourth-order valence-corrected chi connectivity index (χ4v) is 2.21. The Morgan fingerprint density at radius 2 is 1.67 bits per heavy atom. The Hall–Kier alpha value is -0.0400. The van der Waals surface area contributed by atoms with Crippen molar-refractivity contribution >= 4 is 0 Å². The Morgan fingerprint density at radius 3 is 2.17 bits per heavy atom. The summed E-state index contributed by atoms with van der Waals surface area (Å²) in [5.74, 6) is 0. The first-order chi connectivity index (χ1) is 5.77. The lowest BCUT2D eigenvalue weighted by molar-refractivity contribution is 0.336. The molecule has 1 nitrogen and oxygen atoms in total. The largest absolute Gasteiger partial charge is 0.325 e. The third-order valence-corrected chi connectivity index (χ3v) is 3.13. The molecule has 0 spiro atoms. The molecule has 0 amide bonds. The highest BCUT2D eigenvalue weighted by Crippen LogP contribution is 2.28. The number of unbranched alkanes of at least 4 members (excludes halogenated alkanes) is 1.